The minimum atomic E-state index is -1.86. The summed E-state index contributed by atoms with van der Waals surface area (Å²) in [4.78, 5) is 39.3. The summed E-state index contributed by atoms with van der Waals surface area (Å²) < 4.78 is 18.1. The van der Waals surface area contributed by atoms with Crippen LogP contribution in [0.4, 0.5) is 0 Å². The Bertz CT molecular complexity index is 1450. The molecule has 3 aliphatic carbocycles. The highest BCUT2D eigenvalue weighted by molar-refractivity contribution is 5.90. The zero-order valence-electron chi connectivity index (χ0n) is 25.9. The van der Waals surface area contributed by atoms with Crippen LogP contribution in [0, 0.1) is 29.1 Å². The Hall–Kier alpha value is -3.75. The van der Waals surface area contributed by atoms with E-state index in [1.165, 1.54) is 6.92 Å². The average molecular weight is 603 g/mol. The lowest BCUT2D eigenvalue weighted by Gasteiger charge is -2.42. The van der Waals surface area contributed by atoms with Gasteiger partial charge >= 0.3 is 17.9 Å². The second-order valence-electron chi connectivity index (χ2n) is 13.3. The van der Waals surface area contributed by atoms with E-state index in [1.54, 1.807) is 67.6 Å². The van der Waals surface area contributed by atoms with E-state index in [9.17, 15) is 24.6 Å². The summed E-state index contributed by atoms with van der Waals surface area (Å²) in [6.07, 6.45) is -2.00. The van der Waals surface area contributed by atoms with Crippen LogP contribution in [0.15, 0.2) is 84.5 Å². The molecule has 0 radical (unpaired) electrons. The van der Waals surface area contributed by atoms with Crippen molar-refractivity contribution in [2.45, 2.75) is 77.5 Å². The first-order chi connectivity index (χ1) is 20.8. The highest BCUT2D eigenvalue weighted by Gasteiger charge is 2.64. The van der Waals surface area contributed by atoms with Gasteiger partial charge in [0.2, 0.25) is 0 Å². The van der Waals surface area contributed by atoms with Crippen molar-refractivity contribution in [3.63, 3.8) is 0 Å². The number of carbonyl (C=O) groups is 3. The van der Waals surface area contributed by atoms with Crippen molar-refractivity contribution in [2.24, 2.45) is 29.1 Å². The molecular formula is C36H42O8. The van der Waals surface area contributed by atoms with Gasteiger partial charge in [-0.05, 0) is 72.8 Å². The summed E-state index contributed by atoms with van der Waals surface area (Å²) in [6, 6.07) is 17.1. The van der Waals surface area contributed by atoms with Crippen LogP contribution >= 0.6 is 0 Å². The van der Waals surface area contributed by atoms with Gasteiger partial charge in [0.15, 0.2) is 0 Å². The molecule has 2 N–H and O–H groups in total. The van der Waals surface area contributed by atoms with Crippen molar-refractivity contribution in [2.75, 3.05) is 0 Å². The maximum Gasteiger partial charge on any atom is 0.338 e. The van der Waals surface area contributed by atoms with Gasteiger partial charge in [0.05, 0.1) is 17.0 Å². The molecule has 1 unspecified atom stereocenters. The molecule has 2 fully saturated rings. The number of esters is 3. The number of aliphatic hydroxyl groups excluding tert-OH is 1. The number of benzene rings is 2. The third-order valence-corrected chi connectivity index (χ3v) is 10.0. The molecule has 2 aromatic rings. The number of allylic oxidation sites excluding steroid dienone is 1. The fourth-order valence-corrected chi connectivity index (χ4v) is 7.45. The Morgan fingerprint density at radius 1 is 0.909 bits per heavy atom. The number of fused-ring (bicyclic) bond motifs is 2. The maximum atomic E-state index is 13.4. The second kappa shape index (κ2) is 12.0. The van der Waals surface area contributed by atoms with Crippen LogP contribution in [0.5, 0.6) is 0 Å². The average Bonchev–Trinajstić information content (AvgIpc) is 3.38. The monoisotopic (exact) mass is 602 g/mol. The number of hydrogen-bond acceptors (Lipinski definition) is 8. The van der Waals surface area contributed by atoms with Gasteiger partial charge in [-0.1, -0.05) is 69.8 Å². The molecule has 2 aromatic carbocycles. The second-order valence-corrected chi connectivity index (χ2v) is 13.3. The lowest BCUT2D eigenvalue weighted by atomic mass is 9.75. The quantitative estimate of drug-likeness (QED) is 0.269. The molecule has 234 valence electrons. The highest BCUT2D eigenvalue weighted by Crippen LogP contribution is 2.63. The number of ether oxygens (including phenoxy) is 3. The van der Waals surface area contributed by atoms with E-state index >= 15 is 0 Å². The number of hydrogen-bond donors (Lipinski definition) is 2. The third-order valence-electron chi connectivity index (χ3n) is 10.0. The minimum Gasteiger partial charge on any atom is -0.458 e. The molecular weight excluding hydrogens is 560 g/mol. The Labute approximate surface area is 258 Å². The first-order valence-corrected chi connectivity index (χ1v) is 15.2. The van der Waals surface area contributed by atoms with Crippen LogP contribution in [-0.2, 0) is 19.0 Å². The van der Waals surface area contributed by atoms with E-state index in [1.807, 2.05) is 13.0 Å². The van der Waals surface area contributed by atoms with Crippen molar-refractivity contribution in [3.8, 4) is 0 Å². The molecule has 2 saturated carbocycles. The van der Waals surface area contributed by atoms with Crippen molar-refractivity contribution in [1.29, 1.82) is 0 Å². The van der Waals surface area contributed by atoms with E-state index < -0.39 is 59.8 Å². The maximum absolute atomic E-state index is 13.4. The van der Waals surface area contributed by atoms with Crippen LogP contribution in [0.25, 0.3) is 0 Å². The van der Waals surface area contributed by atoms with E-state index in [-0.39, 0.29) is 29.2 Å². The first kappa shape index (κ1) is 31.7. The smallest absolute Gasteiger partial charge is 0.338 e. The lowest BCUT2D eigenvalue weighted by molar-refractivity contribution is -0.164. The van der Waals surface area contributed by atoms with Crippen LogP contribution in [-0.4, -0.2) is 58.1 Å². The molecule has 0 heterocycles. The van der Waals surface area contributed by atoms with Gasteiger partial charge in [-0.25, -0.2) is 9.59 Å². The van der Waals surface area contributed by atoms with E-state index in [0.717, 1.165) is 0 Å². The first-order valence-electron chi connectivity index (χ1n) is 15.2. The van der Waals surface area contributed by atoms with Gasteiger partial charge in [-0.2, -0.15) is 0 Å². The van der Waals surface area contributed by atoms with Crippen LogP contribution in [0.2, 0.25) is 0 Å². The van der Waals surface area contributed by atoms with Crippen LogP contribution < -0.4 is 0 Å². The topological polar surface area (TPSA) is 119 Å². The van der Waals surface area contributed by atoms with E-state index in [4.69, 9.17) is 14.2 Å². The van der Waals surface area contributed by atoms with Crippen LogP contribution in [0.3, 0.4) is 0 Å². The summed E-state index contributed by atoms with van der Waals surface area (Å²) in [5.41, 5.74) is -0.519. The van der Waals surface area contributed by atoms with Crippen molar-refractivity contribution < 1.29 is 38.8 Å². The zero-order chi connectivity index (χ0) is 32.0. The summed E-state index contributed by atoms with van der Waals surface area (Å²) in [5.74, 6) is -3.25. The van der Waals surface area contributed by atoms with Crippen molar-refractivity contribution in [1.82, 2.24) is 0 Å². The fourth-order valence-electron chi connectivity index (χ4n) is 7.45. The molecule has 3 aliphatic rings. The molecule has 44 heavy (non-hydrogen) atoms. The Balaban J connectivity index is 1.61. The SMILES string of the molecule is C=C1C(OC(C)=O)[C@H]2[C@@H](OC(=O)c3ccccc3)[C@@H](C)C[C@]2(O)[C@@H](O)/C(C)=C/[C@@H]2[C@H](C[C@H]1OC(=O)c1ccccc1)C2(C)C. The Morgan fingerprint density at radius 3 is 2.00 bits per heavy atom. The molecule has 0 aromatic heterocycles. The lowest BCUT2D eigenvalue weighted by Crippen LogP contribution is -2.55. The summed E-state index contributed by atoms with van der Waals surface area (Å²) in [6.45, 7) is 13.4. The molecule has 9 atom stereocenters. The Morgan fingerprint density at radius 2 is 1.45 bits per heavy atom. The Kier molecular flexibility index (Phi) is 8.62. The largest absolute Gasteiger partial charge is 0.458 e. The molecule has 0 saturated heterocycles. The molecule has 0 spiro atoms. The van der Waals surface area contributed by atoms with Gasteiger partial charge in [-0.3, -0.25) is 4.79 Å². The summed E-state index contributed by atoms with van der Waals surface area (Å²) in [7, 11) is 0. The summed E-state index contributed by atoms with van der Waals surface area (Å²) in [5, 5.41) is 24.2. The predicted molar refractivity (Wildman–Crippen MR) is 163 cm³/mol. The van der Waals surface area contributed by atoms with Gasteiger partial charge in [0, 0.05) is 12.5 Å². The van der Waals surface area contributed by atoms with Gasteiger partial charge in [0.25, 0.3) is 0 Å². The van der Waals surface area contributed by atoms with E-state index in [2.05, 4.69) is 20.4 Å². The molecule has 8 heteroatoms. The number of aliphatic hydroxyl groups is 2. The molecule has 0 bridgehead atoms. The zero-order valence-corrected chi connectivity index (χ0v) is 25.9. The molecule has 0 amide bonds. The predicted octanol–water partition coefficient (Wildman–Crippen LogP) is 5.30. The molecule has 5 rings (SSSR count). The van der Waals surface area contributed by atoms with Crippen molar-refractivity contribution >= 4 is 17.9 Å². The molecule has 0 aliphatic heterocycles. The van der Waals surface area contributed by atoms with Gasteiger partial charge in [-0.15, -0.1) is 0 Å². The minimum absolute atomic E-state index is 0.0423. The van der Waals surface area contributed by atoms with Gasteiger partial charge < -0.3 is 24.4 Å². The summed E-state index contributed by atoms with van der Waals surface area (Å²) >= 11 is 0. The number of rotatable bonds is 5. The highest BCUT2D eigenvalue weighted by atomic mass is 16.6. The standard InChI is InChI=1S/C36H42O8/c1-20-17-26-27(35(26,5)6)18-28(43-33(39)24-13-9-7-10-14-24)22(3)31(42-23(4)37)29-30(21(2)19-36(29,41)32(20)38)44-34(40)25-15-11-8-12-16-25/h7-17,21,26-32,38,41H,3,18-19H2,1-2,4-6H3/b20-17+/t21-,26+,27-,28+,29+,30-,31?,32-,36+/m0/s1. The van der Waals surface area contributed by atoms with E-state index in [0.29, 0.717) is 23.1 Å². The van der Waals surface area contributed by atoms with Gasteiger partial charge in [0.1, 0.15) is 30.0 Å². The molecule has 8 nitrogen and oxygen atoms in total. The van der Waals surface area contributed by atoms with Crippen LogP contribution in [0.1, 0.15) is 68.2 Å². The normalized spacial score (nSPS) is 35.5. The fraction of sp³-hybridized carbons (Fsp3) is 0.472. The number of carbonyl (C=O) groups excluding carboxylic acids is 3. The third kappa shape index (κ3) is 5.85. The van der Waals surface area contributed by atoms with Crippen molar-refractivity contribution in [3.05, 3.63) is 95.6 Å².